The third-order valence-electron chi connectivity index (χ3n) is 2.34. The van der Waals surface area contributed by atoms with Gasteiger partial charge < -0.3 is 9.47 Å². The Morgan fingerprint density at radius 2 is 1.70 bits per heavy atom. The lowest BCUT2D eigenvalue weighted by Gasteiger charge is -2.29. The van der Waals surface area contributed by atoms with E-state index in [1.807, 2.05) is 0 Å². The van der Waals surface area contributed by atoms with E-state index in [0.29, 0.717) is 12.2 Å². The Hall–Kier alpha value is -0.0800. The fraction of sp³-hybridized carbons (Fsp3) is 1.00. The van der Waals surface area contributed by atoms with Crippen LogP contribution < -0.4 is 0 Å². The van der Waals surface area contributed by atoms with Crippen molar-refractivity contribution in [1.82, 2.24) is 0 Å². The molecule has 10 heavy (non-hydrogen) atoms. The molecule has 0 aliphatic carbocycles. The Balaban J connectivity index is 2.00. The number of rotatable bonds is 0. The van der Waals surface area contributed by atoms with Crippen LogP contribution in [0, 0.1) is 0 Å². The fourth-order valence-corrected chi connectivity index (χ4v) is 1.96. The normalized spacial score (nSPS) is 53.4. The van der Waals surface area contributed by atoms with E-state index < -0.39 is 0 Å². The second kappa shape index (κ2) is 1.95. The van der Waals surface area contributed by atoms with Crippen LogP contribution >= 0.6 is 0 Å². The molecule has 2 heterocycles. The predicted octanol–water partition coefficient (Wildman–Crippen LogP) is 1.34. The lowest BCUT2D eigenvalue weighted by atomic mass is 9.93. The summed E-state index contributed by atoms with van der Waals surface area (Å²) in [6, 6.07) is 0. The maximum Gasteiger partial charge on any atom is 0.0965 e. The van der Waals surface area contributed by atoms with E-state index in [1.54, 1.807) is 0 Å². The first-order valence-electron chi connectivity index (χ1n) is 4.00. The van der Waals surface area contributed by atoms with Crippen LogP contribution in [0.2, 0.25) is 0 Å². The number of epoxide rings is 1. The summed E-state index contributed by atoms with van der Waals surface area (Å²) in [5.41, 5.74) is 0.247. The van der Waals surface area contributed by atoms with Gasteiger partial charge in [0.1, 0.15) is 0 Å². The van der Waals surface area contributed by atoms with Gasteiger partial charge in [0.05, 0.1) is 24.4 Å². The second-order valence-corrected chi connectivity index (χ2v) is 3.64. The van der Waals surface area contributed by atoms with Crippen LogP contribution in [0.3, 0.4) is 0 Å². The highest BCUT2D eigenvalue weighted by molar-refractivity contribution is 4.97. The van der Waals surface area contributed by atoms with Gasteiger partial charge in [-0.1, -0.05) is 0 Å². The van der Waals surface area contributed by atoms with Gasteiger partial charge in [-0.2, -0.15) is 0 Å². The molecule has 0 saturated carbocycles. The zero-order valence-electron chi connectivity index (χ0n) is 6.59. The summed E-state index contributed by atoms with van der Waals surface area (Å²) in [6.45, 7) is 5.21. The third kappa shape index (κ3) is 1.06. The smallest absolute Gasteiger partial charge is 0.0965 e. The zero-order valence-corrected chi connectivity index (χ0v) is 6.59. The van der Waals surface area contributed by atoms with Gasteiger partial charge in [-0.15, -0.1) is 0 Å². The van der Waals surface area contributed by atoms with Crippen molar-refractivity contribution < 1.29 is 9.47 Å². The molecule has 2 saturated heterocycles. The van der Waals surface area contributed by atoms with E-state index in [0.717, 1.165) is 19.4 Å². The predicted molar refractivity (Wildman–Crippen MR) is 37.9 cm³/mol. The highest BCUT2D eigenvalue weighted by Crippen LogP contribution is 2.41. The van der Waals surface area contributed by atoms with Gasteiger partial charge >= 0.3 is 0 Å². The van der Waals surface area contributed by atoms with Gasteiger partial charge in [-0.25, -0.2) is 0 Å². The van der Waals surface area contributed by atoms with Crippen molar-refractivity contribution in [3.05, 3.63) is 0 Å². The van der Waals surface area contributed by atoms with E-state index in [1.165, 1.54) is 0 Å². The molecular weight excluding hydrogens is 128 g/mol. The molecule has 2 heteroatoms. The zero-order chi connectivity index (χ0) is 7.19. The fourth-order valence-electron chi connectivity index (χ4n) is 1.96. The lowest BCUT2D eigenvalue weighted by Crippen LogP contribution is -2.34. The van der Waals surface area contributed by atoms with Crippen molar-refractivity contribution in [1.29, 1.82) is 0 Å². The van der Waals surface area contributed by atoms with Crippen LogP contribution in [0.4, 0.5) is 0 Å². The van der Waals surface area contributed by atoms with Gasteiger partial charge in [-0.05, 0) is 13.8 Å². The van der Waals surface area contributed by atoms with Crippen LogP contribution in [0.5, 0.6) is 0 Å². The molecule has 0 amide bonds. The minimum Gasteiger partial charge on any atom is -0.375 e. The largest absolute Gasteiger partial charge is 0.375 e. The molecule has 58 valence electrons. The summed E-state index contributed by atoms with van der Waals surface area (Å²) in [6.07, 6.45) is 2.98. The highest BCUT2D eigenvalue weighted by Gasteiger charge is 2.49. The number of ether oxygens (including phenoxy) is 2. The molecule has 0 bridgehead atoms. The Kier molecular flexibility index (Phi) is 1.29. The Morgan fingerprint density at radius 3 is 2.10 bits per heavy atom. The van der Waals surface area contributed by atoms with Crippen molar-refractivity contribution in [2.75, 3.05) is 6.61 Å². The van der Waals surface area contributed by atoms with Crippen molar-refractivity contribution >= 4 is 0 Å². The summed E-state index contributed by atoms with van der Waals surface area (Å²) in [5.74, 6) is 0. The second-order valence-electron chi connectivity index (χ2n) is 3.64. The van der Waals surface area contributed by atoms with Crippen LogP contribution in [-0.4, -0.2) is 24.4 Å². The van der Waals surface area contributed by atoms with E-state index >= 15 is 0 Å². The monoisotopic (exact) mass is 142 g/mol. The summed E-state index contributed by atoms with van der Waals surface area (Å²) in [5, 5.41) is 0. The maximum atomic E-state index is 5.58. The van der Waals surface area contributed by atoms with Gasteiger partial charge in [0.15, 0.2) is 0 Å². The Morgan fingerprint density at radius 1 is 1.20 bits per heavy atom. The molecule has 0 N–H and O–H groups in total. The van der Waals surface area contributed by atoms with Crippen LogP contribution in [0.1, 0.15) is 26.7 Å². The topological polar surface area (TPSA) is 21.8 Å². The van der Waals surface area contributed by atoms with E-state index in [-0.39, 0.29) is 5.60 Å². The summed E-state index contributed by atoms with van der Waals surface area (Å²) in [7, 11) is 0. The first-order valence-corrected chi connectivity index (χ1v) is 4.00. The molecular formula is C8H14O2. The molecule has 0 unspecified atom stereocenters. The molecule has 3 atom stereocenters. The van der Waals surface area contributed by atoms with Crippen molar-refractivity contribution in [2.24, 2.45) is 0 Å². The first kappa shape index (κ1) is 6.62. The van der Waals surface area contributed by atoms with E-state index in [4.69, 9.17) is 9.47 Å². The third-order valence-corrected chi connectivity index (χ3v) is 2.34. The molecule has 2 rings (SSSR count). The average Bonchev–Trinajstić information content (AvgIpc) is 2.44. The highest BCUT2D eigenvalue weighted by atomic mass is 16.6. The standard InChI is InChI=1S/C8H14O2/c1-6-3-8(5-9-8)4-7(2)10-6/h6-7H,3-5H2,1-2H3/t6-,7+,8-. The summed E-state index contributed by atoms with van der Waals surface area (Å²) in [4.78, 5) is 0. The molecule has 2 fully saturated rings. The Labute approximate surface area is 61.5 Å². The molecule has 1 spiro atoms. The average molecular weight is 142 g/mol. The van der Waals surface area contributed by atoms with E-state index in [9.17, 15) is 0 Å². The minimum absolute atomic E-state index is 0.247. The molecule has 2 nitrogen and oxygen atoms in total. The van der Waals surface area contributed by atoms with Crippen LogP contribution in [0.25, 0.3) is 0 Å². The van der Waals surface area contributed by atoms with Crippen molar-refractivity contribution in [3.8, 4) is 0 Å². The maximum absolute atomic E-state index is 5.58. The molecule has 0 aromatic heterocycles. The quantitative estimate of drug-likeness (QED) is 0.476. The summed E-state index contributed by atoms with van der Waals surface area (Å²) < 4.78 is 11.0. The van der Waals surface area contributed by atoms with Crippen LogP contribution in [0.15, 0.2) is 0 Å². The Bertz CT molecular complexity index is 128. The van der Waals surface area contributed by atoms with Crippen molar-refractivity contribution in [3.63, 3.8) is 0 Å². The number of hydrogen-bond acceptors (Lipinski definition) is 2. The van der Waals surface area contributed by atoms with Gasteiger partial charge in [-0.3, -0.25) is 0 Å². The number of hydrogen-bond donors (Lipinski definition) is 0. The van der Waals surface area contributed by atoms with Gasteiger partial charge in [0.25, 0.3) is 0 Å². The molecule has 2 aliphatic heterocycles. The van der Waals surface area contributed by atoms with E-state index in [2.05, 4.69) is 13.8 Å². The van der Waals surface area contributed by atoms with Gasteiger partial charge in [0, 0.05) is 12.8 Å². The van der Waals surface area contributed by atoms with Crippen molar-refractivity contribution in [2.45, 2.75) is 44.5 Å². The molecule has 2 aliphatic rings. The first-order chi connectivity index (χ1) is 4.70. The molecule has 0 aromatic carbocycles. The summed E-state index contributed by atoms with van der Waals surface area (Å²) >= 11 is 0. The SMILES string of the molecule is C[C@@H]1C[C@]2(CO2)C[C@H](C)O1. The van der Waals surface area contributed by atoms with Crippen LogP contribution in [-0.2, 0) is 9.47 Å². The lowest BCUT2D eigenvalue weighted by molar-refractivity contribution is -0.0602. The van der Waals surface area contributed by atoms with Gasteiger partial charge in [0.2, 0.25) is 0 Å². The molecule has 0 radical (unpaired) electrons. The minimum atomic E-state index is 0.247. The molecule has 0 aromatic rings.